The number of amides is 2. The van der Waals surface area contributed by atoms with Crippen LogP contribution >= 0.6 is 15.9 Å². The Morgan fingerprint density at radius 3 is 2.55 bits per heavy atom. The molecular formula is C21H28BrN3O6. The number of nitrogens with one attached hydrogen (secondary N) is 1. The quantitative estimate of drug-likeness (QED) is 0.365. The molecule has 0 bridgehead atoms. The second-order valence-electron chi connectivity index (χ2n) is 8.34. The zero-order valence-electron chi connectivity index (χ0n) is 18.3. The van der Waals surface area contributed by atoms with Gasteiger partial charge in [0.15, 0.2) is 0 Å². The summed E-state index contributed by atoms with van der Waals surface area (Å²) in [5, 5.41) is 2.59. The first kappa shape index (κ1) is 24.6. The summed E-state index contributed by atoms with van der Waals surface area (Å²) in [4.78, 5) is 43.6. The summed E-state index contributed by atoms with van der Waals surface area (Å²) < 4.78 is 16.3. The van der Waals surface area contributed by atoms with E-state index in [2.05, 4.69) is 32.8 Å². The molecular weight excluding hydrogens is 470 g/mol. The van der Waals surface area contributed by atoms with Gasteiger partial charge in [0.2, 0.25) is 11.8 Å². The largest absolute Gasteiger partial charge is 0.472 e. The maximum atomic E-state index is 13.4. The molecule has 1 aromatic rings. The molecule has 1 saturated heterocycles. The topological polar surface area (TPSA) is 107 Å². The summed E-state index contributed by atoms with van der Waals surface area (Å²) in [6.07, 6.45) is -1.03. The van der Waals surface area contributed by atoms with Gasteiger partial charge in [-0.25, -0.2) is 14.6 Å². The number of alkyl carbamates (subject to hydrolysis) is 1. The van der Waals surface area contributed by atoms with Gasteiger partial charge in [0.1, 0.15) is 22.8 Å². The lowest BCUT2D eigenvalue weighted by Crippen LogP contribution is -2.57. The highest BCUT2D eigenvalue weighted by molar-refractivity contribution is 9.10. The van der Waals surface area contributed by atoms with Gasteiger partial charge in [0.05, 0.1) is 19.4 Å². The second-order valence-corrected chi connectivity index (χ2v) is 9.15. The molecule has 3 atom stereocenters. The van der Waals surface area contributed by atoms with Crippen LogP contribution in [-0.4, -0.2) is 59.7 Å². The fourth-order valence-electron chi connectivity index (χ4n) is 3.23. The standard InChI is InChI=1S/C21H28BrN3O6/c1-12(2)30-20(28)24-17(21(3,4)5)18(26)25-11-13(10-14(25)19(27)29-6)31-16-9-7-8-15(22)23-16/h7-9,13-14,17H,1,10-11H2,2-6H3,(H,24,28)/t13-,14+,17-/m1/s1. The lowest BCUT2D eigenvalue weighted by atomic mass is 9.85. The van der Waals surface area contributed by atoms with Crippen LogP contribution in [0.15, 0.2) is 35.1 Å². The zero-order valence-corrected chi connectivity index (χ0v) is 19.9. The number of halogens is 1. The summed E-state index contributed by atoms with van der Waals surface area (Å²) in [6, 6.07) is 3.43. The van der Waals surface area contributed by atoms with Crippen LogP contribution in [0.5, 0.6) is 5.88 Å². The van der Waals surface area contributed by atoms with Crippen molar-refractivity contribution in [1.29, 1.82) is 0 Å². The van der Waals surface area contributed by atoms with Crippen LogP contribution in [0, 0.1) is 5.41 Å². The van der Waals surface area contributed by atoms with E-state index in [-0.39, 0.29) is 18.7 Å². The Bertz CT molecular complexity index is 854. The van der Waals surface area contributed by atoms with E-state index in [0.717, 1.165) is 0 Å². The molecule has 0 saturated carbocycles. The number of hydrogen-bond donors (Lipinski definition) is 1. The molecule has 2 amide bonds. The number of hydrogen-bond acceptors (Lipinski definition) is 7. The number of aromatic nitrogens is 1. The molecule has 0 aromatic carbocycles. The molecule has 2 heterocycles. The number of nitrogens with zero attached hydrogens (tertiary/aromatic N) is 2. The van der Waals surface area contributed by atoms with Crippen LogP contribution in [-0.2, 0) is 19.1 Å². The number of ether oxygens (including phenoxy) is 3. The van der Waals surface area contributed by atoms with Crippen LogP contribution < -0.4 is 10.1 Å². The molecule has 1 N–H and O–H groups in total. The number of carbonyl (C=O) groups is 3. The van der Waals surface area contributed by atoms with E-state index in [1.54, 1.807) is 39.0 Å². The first-order chi connectivity index (χ1) is 14.4. The van der Waals surface area contributed by atoms with Crippen LogP contribution in [0.3, 0.4) is 0 Å². The molecule has 0 radical (unpaired) electrons. The fourth-order valence-corrected chi connectivity index (χ4v) is 3.56. The van der Waals surface area contributed by atoms with E-state index >= 15 is 0 Å². The summed E-state index contributed by atoms with van der Waals surface area (Å²) in [7, 11) is 1.26. The smallest absolute Gasteiger partial charge is 0.412 e. The Labute approximate surface area is 190 Å². The highest BCUT2D eigenvalue weighted by Crippen LogP contribution is 2.28. The van der Waals surface area contributed by atoms with Crippen molar-refractivity contribution in [2.24, 2.45) is 5.41 Å². The predicted molar refractivity (Wildman–Crippen MR) is 116 cm³/mol. The number of likely N-dealkylation sites (tertiary alicyclic amines) is 1. The Kier molecular flexibility index (Phi) is 8.05. The van der Waals surface area contributed by atoms with E-state index in [9.17, 15) is 14.4 Å². The number of carbonyl (C=O) groups excluding carboxylic acids is 3. The SMILES string of the molecule is C=C(C)OC(=O)N[C@H](C(=O)N1C[C@H](Oc2cccc(Br)n2)C[C@H]1C(=O)OC)C(C)(C)C. The van der Waals surface area contributed by atoms with Crippen LogP contribution in [0.2, 0.25) is 0 Å². The minimum absolute atomic E-state index is 0.136. The lowest BCUT2D eigenvalue weighted by molar-refractivity contribution is -0.152. The Balaban J connectivity index is 2.24. The third-order valence-corrected chi connectivity index (χ3v) is 5.08. The van der Waals surface area contributed by atoms with Crippen molar-refractivity contribution in [3.05, 3.63) is 35.1 Å². The molecule has 1 fully saturated rings. The monoisotopic (exact) mass is 497 g/mol. The van der Waals surface area contributed by atoms with Crippen molar-refractivity contribution in [2.75, 3.05) is 13.7 Å². The molecule has 0 spiro atoms. The average molecular weight is 498 g/mol. The van der Waals surface area contributed by atoms with Gasteiger partial charge in [0.25, 0.3) is 0 Å². The van der Waals surface area contributed by atoms with Crippen LogP contribution in [0.25, 0.3) is 0 Å². The zero-order chi connectivity index (χ0) is 23.3. The molecule has 9 nitrogen and oxygen atoms in total. The lowest BCUT2D eigenvalue weighted by Gasteiger charge is -2.34. The van der Waals surface area contributed by atoms with Gasteiger partial charge in [-0.2, -0.15) is 0 Å². The van der Waals surface area contributed by atoms with Gasteiger partial charge >= 0.3 is 12.1 Å². The van der Waals surface area contributed by atoms with E-state index < -0.39 is 41.6 Å². The summed E-state index contributed by atoms with van der Waals surface area (Å²) >= 11 is 3.29. The third-order valence-electron chi connectivity index (χ3n) is 4.64. The van der Waals surface area contributed by atoms with E-state index in [1.807, 2.05) is 0 Å². The van der Waals surface area contributed by atoms with Gasteiger partial charge in [0, 0.05) is 12.5 Å². The summed E-state index contributed by atoms with van der Waals surface area (Å²) in [6.45, 7) is 10.6. The Morgan fingerprint density at radius 2 is 2.00 bits per heavy atom. The normalized spacial score (nSPS) is 19.4. The first-order valence-electron chi connectivity index (χ1n) is 9.73. The van der Waals surface area contributed by atoms with Gasteiger partial charge < -0.3 is 24.4 Å². The van der Waals surface area contributed by atoms with Crippen LogP contribution in [0.1, 0.15) is 34.1 Å². The minimum atomic E-state index is -0.950. The molecule has 170 valence electrons. The number of rotatable bonds is 6. The molecule has 31 heavy (non-hydrogen) atoms. The maximum Gasteiger partial charge on any atom is 0.412 e. The fraction of sp³-hybridized carbons (Fsp3) is 0.524. The van der Waals surface area contributed by atoms with Gasteiger partial charge in [-0.1, -0.05) is 33.4 Å². The molecule has 1 aliphatic rings. The molecule has 0 unspecified atom stereocenters. The van der Waals surface area contributed by atoms with Crippen molar-refractivity contribution >= 4 is 33.9 Å². The third kappa shape index (κ3) is 6.68. The predicted octanol–water partition coefficient (Wildman–Crippen LogP) is 3.04. The highest BCUT2D eigenvalue weighted by Gasteiger charge is 2.46. The molecule has 0 aliphatic carbocycles. The molecule has 1 aliphatic heterocycles. The van der Waals surface area contributed by atoms with Crippen molar-refractivity contribution in [2.45, 2.75) is 52.3 Å². The Hall–Kier alpha value is -2.62. The maximum absolute atomic E-state index is 13.4. The summed E-state index contributed by atoms with van der Waals surface area (Å²) in [5.41, 5.74) is -0.656. The van der Waals surface area contributed by atoms with Crippen molar-refractivity contribution in [3.8, 4) is 5.88 Å². The highest BCUT2D eigenvalue weighted by atomic mass is 79.9. The minimum Gasteiger partial charge on any atom is -0.472 e. The summed E-state index contributed by atoms with van der Waals surface area (Å²) in [5.74, 6) is -0.428. The first-order valence-corrected chi connectivity index (χ1v) is 10.5. The van der Waals surface area contributed by atoms with Crippen LogP contribution in [0.4, 0.5) is 4.79 Å². The molecule has 1 aromatic heterocycles. The van der Waals surface area contributed by atoms with Gasteiger partial charge in [-0.15, -0.1) is 0 Å². The molecule has 2 rings (SSSR count). The number of allylic oxidation sites excluding steroid dienone is 1. The van der Waals surface area contributed by atoms with Crippen molar-refractivity contribution < 1.29 is 28.6 Å². The number of methoxy groups -OCH3 is 1. The van der Waals surface area contributed by atoms with E-state index in [4.69, 9.17) is 14.2 Å². The second kappa shape index (κ2) is 10.1. The van der Waals surface area contributed by atoms with Gasteiger partial charge in [-0.3, -0.25) is 4.79 Å². The Morgan fingerprint density at radius 1 is 1.32 bits per heavy atom. The van der Waals surface area contributed by atoms with Gasteiger partial charge in [-0.05, 0) is 34.3 Å². The average Bonchev–Trinajstić information content (AvgIpc) is 3.07. The van der Waals surface area contributed by atoms with Crippen molar-refractivity contribution in [3.63, 3.8) is 0 Å². The molecule has 10 heteroatoms. The van der Waals surface area contributed by atoms with Crippen molar-refractivity contribution in [1.82, 2.24) is 15.2 Å². The van der Waals surface area contributed by atoms with E-state index in [1.165, 1.54) is 18.9 Å². The van der Waals surface area contributed by atoms with E-state index in [0.29, 0.717) is 10.5 Å². The number of pyridine rings is 1. The number of esters is 1.